The zero-order chi connectivity index (χ0) is 24.7. The number of aromatic nitrogens is 3. The zero-order valence-electron chi connectivity index (χ0n) is 21.4. The Morgan fingerprint density at radius 1 is 0.939 bits per heavy atom. The van der Waals surface area contributed by atoms with Crippen molar-refractivity contribution in [3.8, 4) is 11.3 Å². The molecule has 0 aliphatic heterocycles. The van der Waals surface area contributed by atoms with Crippen LogP contribution in [-0.2, 0) is 0 Å². The molecule has 6 nitrogen and oxygen atoms in total. The molecule has 0 atom stereocenters. The van der Waals surface area contributed by atoms with E-state index in [0.29, 0.717) is 27.7 Å². The van der Waals surface area contributed by atoms with E-state index >= 15 is 0 Å². The van der Waals surface area contributed by atoms with Gasteiger partial charge in [-0.1, -0.05) is 47.6 Å². The number of carbonyl (C=O) groups excluding carboxylic acids is 1. The molecule has 3 aromatic rings. The second-order valence-electron chi connectivity index (χ2n) is 10.3. The second-order valence-corrected chi connectivity index (χ2v) is 16.0. The van der Waals surface area contributed by atoms with Crippen molar-refractivity contribution >= 4 is 31.1 Å². The summed E-state index contributed by atoms with van der Waals surface area (Å²) < 4.78 is 2.51. The molecule has 2 heterocycles. The lowest BCUT2D eigenvalue weighted by molar-refractivity contribution is -0.255. The monoisotopic (exact) mass is 465 g/mol. The van der Waals surface area contributed by atoms with Gasteiger partial charge in [0.1, 0.15) is 5.69 Å². The molecule has 0 saturated heterocycles. The number of carbonyl (C=O) groups is 1. The average molecular weight is 466 g/mol. The van der Waals surface area contributed by atoms with Crippen LogP contribution in [0.25, 0.3) is 22.3 Å². The Labute approximate surface area is 198 Å². The third kappa shape index (κ3) is 4.30. The van der Waals surface area contributed by atoms with Crippen molar-refractivity contribution in [1.29, 1.82) is 0 Å². The van der Waals surface area contributed by atoms with E-state index in [9.17, 15) is 9.90 Å². The number of carboxylic acid groups (broad SMARTS) is 1. The Morgan fingerprint density at radius 2 is 1.55 bits per heavy atom. The highest BCUT2D eigenvalue weighted by molar-refractivity contribution is 6.82. The minimum absolute atomic E-state index is 0.107. The first-order chi connectivity index (χ1) is 15.4. The van der Waals surface area contributed by atoms with E-state index in [2.05, 4.69) is 83.0 Å². The van der Waals surface area contributed by atoms with Crippen molar-refractivity contribution in [1.82, 2.24) is 14.2 Å². The lowest BCUT2D eigenvalue weighted by Gasteiger charge is -2.44. The van der Waals surface area contributed by atoms with Crippen LogP contribution < -0.4 is 10.0 Å². The molecule has 2 aromatic heterocycles. The van der Waals surface area contributed by atoms with E-state index in [-0.39, 0.29) is 11.6 Å². The Morgan fingerprint density at radius 3 is 2.06 bits per heavy atom. The van der Waals surface area contributed by atoms with Crippen molar-refractivity contribution in [3.63, 3.8) is 0 Å². The van der Waals surface area contributed by atoms with Crippen LogP contribution in [0.5, 0.6) is 0 Å². The highest BCUT2D eigenvalue weighted by Crippen LogP contribution is 2.43. The molecule has 0 radical (unpaired) electrons. The van der Waals surface area contributed by atoms with E-state index in [1.54, 1.807) is 12.1 Å². The summed E-state index contributed by atoms with van der Waals surface area (Å²) in [5, 5.41) is 11.4. The Bertz CT molecular complexity index is 1130. The van der Waals surface area contributed by atoms with Gasteiger partial charge in [0.2, 0.25) is 0 Å². The van der Waals surface area contributed by atoms with Gasteiger partial charge in [0, 0.05) is 24.8 Å². The lowest BCUT2D eigenvalue weighted by atomic mass is 10.1. The van der Waals surface area contributed by atoms with Gasteiger partial charge in [-0.25, -0.2) is 9.97 Å². The van der Waals surface area contributed by atoms with E-state index in [0.717, 1.165) is 17.1 Å². The number of nitrogens with zero attached hydrogens (tertiary/aromatic N) is 4. The largest absolute Gasteiger partial charge is 0.545 e. The van der Waals surface area contributed by atoms with Gasteiger partial charge in [0.25, 0.3) is 0 Å². The second kappa shape index (κ2) is 9.29. The van der Waals surface area contributed by atoms with E-state index < -0.39 is 14.2 Å². The number of hydrogen-bond donors (Lipinski definition) is 0. The first-order valence-corrected chi connectivity index (χ1v) is 14.0. The highest BCUT2D eigenvalue weighted by Gasteiger charge is 2.45. The van der Waals surface area contributed by atoms with Crippen LogP contribution in [0.4, 0.5) is 5.82 Å². The Hall–Kier alpha value is -2.67. The topological polar surface area (TPSA) is 74.1 Å². The fraction of sp³-hybridized carbons (Fsp3) is 0.500. The molecule has 0 N–H and O–H groups in total. The van der Waals surface area contributed by atoms with Gasteiger partial charge in [-0.15, -0.1) is 0 Å². The molecule has 0 bridgehead atoms. The molecular weight excluding hydrogens is 428 g/mol. The summed E-state index contributed by atoms with van der Waals surface area (Å²) in [4.78, 5) is 23.3. The molecule has 0 aliphatic carbocycles. The normalized spacial score (nSPS) is 12.5. The van der Waals surface area contributed by atoms with Gasteiger partial charge in [-0.3, -0.25) is 0 Å². The summed E-state index contributed by atoms with van der Waals surface area (Å²) in [7, 11) is 0.126. The van der Waals surface area contributed by atoms with Crippen LogP contribution in [0.2, 0.25) is 16.6 Å². The third-order valence-corrected chi connectivity index (χ3v) is 13.9. The molecule has 0 aliphatic rings. The van der Waals surface area contributed by atoms with E-state index in [4.69, 9.17) is 9.97 Å². The van der Waals surface area contributed by atoms with Crippen LogP contribution in [0, 0.1) is 0 Å². The van der Waals surface area contributed by atoms with Crippen molar-refractivity contribution in [2.45, 2.75) is 78.1 Å². The molecule has 0 amide bonds. The molecule has 3 rings (SSSR count). The standard InChI is InChI=1S/C26H38N4O2Si/c1-16(2)29(9)25-24(27-22-11-10-20(26(31)32)14-23(22)28-25)21-12-13-30(15-21)33(17(3)4,18(5)6)19(7)8/h10-19H,1-9H3,(H,31,32)/p-1. The number of benzene rings is 1. The molecule has 0 spiro atoms. The fourth-order valence-corrected chi connectivity index (χ4v) is 12.0. The fourth-order valence-electron chi connectivity index (χ4n) is 5.53. The van der Waals surface area contributed by atoms with Gasteiger partial charge in [0.15, 0.2) is 14.1 Å². The van der Waals surface area contributed by atoms with Crippen LogP contribution in [0.15, 0.2) is 36.7 Å². The number of fused-ring (bicyclic) bond motifs is 1. The Balaban J connectivity index is 2.25. The van der Waals surface area contributed by atoms with Gasteiger partial charge in [-0.2, -0.15) is 0 Å². The smallest absolute Gasteiger partial charge is 0.168 e. The van der Waals surface area contributed by atoms with Gasteiger partial charge in [-0.05, 0) is 60.4 Å². The van der Waals surface area contributed by atoms with E-state index in [1.165, 1.54) is 6.07 Å². The van der Waals surface area contributed by atoms with Crippen LogP contribution in [0.1, 0.15) is 65.7 Å². The molecule has 178 valence electrons. The van der Waals surface area contributed by atoms with Gasteiger partial charge >= 0.3 is 0 Å². The van der Waals surface area contributed by atoms with Crippen molar-refractivity contribution in [3.05, 3.63) is 42.2 Å². The minimum atomic E-state index is -1.87. The maximum Gasteiger partial charge on any atom is 0.168 e. The molecule has 1 aromatic carbocycles. The predicted molar refractivity (Wildman–Crippen MR) is 137 cm³/mol. The SMILES string of the molecule is CC(C)N(C)c1nc2cc(C(=O)[O-])ccc2nc1-c1ccn([Si](C(C)C)(C(C)C)C(C)C)c1. The van der Waals surface area contributed by atoms with Crippen LogP contribution in [0.3, 0.4) is 0 Å². The Kier molecular flexibility index (Phi) is 7.03. The highest BCUT2D eigenvalue weighted by atomic mass is 28.3. The van der Waals surface area contributed by atoms with Gasteiger partial charge in [0.05, 0.1) is 17.0 Å². The number of rotatable bonds is 8. The van der Waals surface area contributed by atoms with Crippen LogP contribution >= 0.6 is 0 Å². The maximum atomic E-state index is 11.4. The summed E-state index contributed by atoms with van der Waals surface area (Å²) in [5.74, 6) is -0.465. The molecule has 0 unspecified atom stereocenters. The van der Waals surface area contributed by atoms with E-state index in [1.807, 2.05) is 7.05 Å². The number of anilines is 1. The predicted octanol–water partition coefficient (Wildman–Crippen LogP) is 5.33. The number of aromatic carboxylic acids is 1. The van der Waals surface area contributed by atoms with Crippen molar-refractivity contribution in [2.24, 2.45) is 0 Å². The first-order valence-electron chi connectivity index (χ1n) is 11.9. The number of hydrogen-bond acceptors (Lipinski definition) is 5. The quantitative estimate of drug-likeness (QED) is 0.420. The maximum absolute atomic E-state index is 11.4. The first kappa shape index (κ1) is 25.0. The van der Waals surface area contributed by atoms with Gasteiger partial charge < -0.3 is 19.0 Å². The molecule has 0 saturated carbocycles. The summed E-state index contributed by atoms with van der Waals surface area (Å²) in [5.41, 5.74) is 4.94. The summed E-state index contributed by atoms with van der Waals surface area (Å²) in [6.07, 6.45) is 4.49. The zero-order valence-corrected chi connectivity index (χ0v) is 22.4. The number of carboxylic acids is 1. The summed E-state index contributed by atoms with van der Waals surface area (Å²) in [6.45, 7) is 18.3. The lowest BCUT2D eigenvalue weighted by Crippen LogP contribution is -2.51. The van der Waals surface area contributed by atoms with Crippen molar-refractivity contribution < 1.29 is 9.90 Å². The summed E-state index contributed by atoms with van der Waals surface area (Å²) >= 11 is 0. The summed E-state index contributed by atoms with van der Waals surface area (Å²) in [6, 6.07) is 7.14. The molecule has 33 heavy (non-hydrogen) atoms. The average Bonchev–Trinajstić information content (AvgIpc) is 3.21. The van der Waals surface area contributed by atoms with Crippen LogP contribution in [-0.4, -0.2) is 41.5 Å². The van der Waals surface area contributed by atoms with Crippen molar-refractivity contribution in [2.75, 3.05) is 11.9 Å². The minimum Gasteiger partial charge on any atom is -0.545 e. The molecular formula is C26H37N4O2Si-. The molecule has 7 heteroatoms. The molecule has 0 fully saturated rings. The third-order valence-electron chi connectivity index (χ3n) is 7.18.